The summed E-state index contributed by atoms with van der Waals surface area (Å²) in [7, 11) is 0. The number of hydrogen-bond acceptors (Lipinski definition) is 4. The molecule has 31 heavy (non-hydrogen) atoms. The number of rotatable bonds is 14. The van der Waals surface area contributed by atoms with Gasteiger partial charge in [0, 0.05) is 6.42 Å². The van der Waals surface area contributed by atoms with Crippen molar-refractivity contribution in [1.29, 1.82) is 0 Å². The zero-order chi connectivity index (χ0) is 22.5. The molecule has 0 radical (unpaired) electrons. The largest absolute Gasteiger partial charge is 0.494 e. The Morgan fingerprint density at radius 2 is 1.35 bits per heavy atom. The molecule has 0 saturated heterocycles. The van der Waals surface area contributed by atoms with E-state index in [1.165, 1.54) is 25.7 Å². The fraction of sp³-hybridized carbons (Fsp3) is 0.481. The number of Topliss-reactive ketones (excluding diaryl/α,β-unsaturated/α-hetero) is 1. The molecule has 0 heterocycles. The Bertz CT molecular complexity index is 793. The van der Waals surface area contributed by atoms with Crippen LogP contribution < -0.4 is 4.74 Å². The Morgan fingerprint density at radius 1 is 0.774 bits per heavy atom. The summed E-state index contributed by atoms with van der Waals surface area (Å²) in [6.07, 6.45) is 7.62. The lowest BCUT2D eigenvalue weighted by atomic mass is 10.0. The lowest BCUT2D eigenvalue weighted by Gasteiger charge is -2.12. The second-order valence-electron chi connectivity index (χ2n) is 7.98. The van der Waals surface area contributed by atoms with Crippen LogP contribution in [0.2, 0.25) is 0 Å². The molecule has 0 N–H and O–H groups in total. The van der Waals surface area contributed by atoms with Gasteiger partial charge in [-0.05, 0) is 55.2 Å². The van der Waals surface area contributed by atoms with Crippen LogP contribution in [-0.4, -0.2) is 24.5 Å². The zero-order valence-electron chi connectivity index (χ0n) is 19.2. The van der Waals surface area contributed by atoms with E-state index in [2.05, 4.69) is 6.92 Å². The maximum atomic E-state index is 12.3. The summed E-state index contributed by atoms with van der Waals surface area (Å²) >= 11 is 0. The lowest BCUT2D eigenvalue weighted by molar-refractivity contribution is -0.127. The van der Waals surface area contributed by atoms with Gasteiger partial charge < -0.3 is 9.47 Å². The van der Waals surface area contributed by atoms with Crippen LogP contribution in [0.4, 0.5) is 0 Å². The van der Waals surface area contributed by atoms with Gasteiger partial charge in [-0.1, -0.05) is 70.2 Å². The van der Waals surface area contributed by atoms with Gasteiger partial charge in [0.25, 0.3) is 0 Å². The number of unbranched alkanes of at least 4 members (excludes halogenated alkanes) is 5. The fourth-order valence-electron chi connectivity index (χ4n) is 3.29. The fourth-order valence-corrected chi connectivity index (χ4v) is 3.29. The number of ketones is 1. The van der Waals surface area contributed by atoms with E-state index in [1.807, 2.05) is 43.3 Å². The van der Waals surface area contributed by atoms with Crippen molar-refractivity contribution in [2.24, 2.45) is 0 Å². The van der Waals surface area contributed by atoms with E-state index in [0.717, 1.165) is 42.7 Å². The van der Waals surface area contributed by atoms with E-state index in [1.54, 1.807) is 19.1 Å². The first-order valence-corrected chi connectivity index (χ1v) is 11.6. The standard InChI is InChI=1S/C27H36O4/c1-4-6-8-9-10-20-30-25-18-16-23(17-19-25)22-12-14-24(15-13-22)27(29)31-21(3)26(28)11-7-5-2/h12-19,21H,4-11,20H2,1-3H3. The Hall–Kier alpha value is -2.62. The molecule has 2 rings (SSSR count). The van der Waals surface area contributed by atoms with Gasteiger partial charge in [-0.25, -0.2) is 4.79 Å². The number of benzene rings is 2. The van der Waals surface area contributed by atoms with Crippen molar-refractivity contribution in [3.63, 3.8) is 0 Å². The highest BCUT2D eigenvalue weighted by Gasteiger charge is 2.18. The molecule has 2 aromatic carbocycles. The van der Waals surface area contributed by atoms with E-state index < -0.39 is 12.1 Å². The van der Waals surface area contributed by atoms with Crippen molar-refractivity contribution in [3.8, 4) is 16.9 Å². The van der Waals surface area contributed by atoms with Crippen LogP contribution in [0, 0.1) is 0 Å². The van der Waals surface area contributed by atoms with Gasteiger partial charge in [-0.2, -0.15) is 0 Å². The first-order valence-electron chi connectivity index (χ1n) is 11.6. The molecule has 0 aliphatic rings. The van der Waals surface area contributed by atoms with Crippen molar-refractivity contribution in [1.82, 2.24) is 0 Å². The summed E-state index contributed by atoms with van der Waals surface area (Å²) in [5.74, 6) is 0.378. The average Bonchev–Trinajstić information content (AvgIpc) is 2.80. The molecule has 0 aliphatic carbocycles. The smallest absolute Gasteiger partial charge is 0.338 e. The molecule has 0 aliphatic heterocycles. The second kappa shape index (κ2) is 13.6. The molecule has 4 nitrogen and oxygen atoms in total. The van der Waals surface area contributed by atoms with E-state index in [0.29, 0.717) is 12.0 Å². The van der Waals surface area contributed by atoms with Crippen LogP contribution >= 0.6 is 0 Å². The van der Waals surface area contributed by atoms with Gasteiger partial charge in [0.2, 0.25) is 0 Å². The zero-order valence-corrected chi connectivity index (χ0v) is 19.2. The molecule has 1 atom stereocenters. The number of carbonyl (C=O) groups is 2. The van der Waals surface area contributed by atoms with Crippen LogP contribution in [0.15, 0.2) is 48.5 Å². The van der Waals surface area contributed by atoms with Crippen molar-refractivity contribution < 1.29 is 19.1 Å². The van der Waals surface area contributed by atoms with Crippen LogP contribution in [0.5, 0.6) is 5.75 Å². The van der Waals surface area contributed by atoms with E-state index in [-0.39, 0.29) is 5.78 Å². The van der Waals surface area contributed by atoms with Crippen molar-refractivity contribution in [2.75, 3.05) is 6.61 Å². The van der Waals surface area contributed by atoms with E-state index in [4.69, 9.17) is 9.47 Å². The Morgan fingerprint density at radius 3 is 1.97 bits per heavy atom. The Kier molecular flexibility index (Phi) is 10.8. The number of hydrogen-bond donors (Lipinski definition) is 0. The third-order valence-corrected chi connectivity index (χ3v) is 5.34. The van der Waals surface area contributed by atoms with Crippen LogP contribution in [0.3, 0.4) is 0 Å². The first-order chi connectivity index (χ1) is 15.0. The first kappa shape index (κ1) is 24.6. The van der Waals surface area contributed by atoms with Gasteiger partial charge in [0.05, 0.1) is 12.2 Å². The van der Waals surface area contributed by atoms with Crippen LogP contribution in [0.25, 0.3) is 11.1 Å². The minimum atomic E-state index is -0.710. The minimum absolute atomic E-state index is 0.0323. The highest BCUT2D eigenvalue weighted by Crippen LogP contribution is 2.23. The lowest BCUT2D eigenvalue weighted by Crippen LogP contribution is -2.24. The molecular weight excluding hydrogens is 388 g/mol. The van der Waals surface area contributed by atoms with Crippen molar-refractivity contribution in [3.05, 3.63) is 54.1 Å². The molecule has 1 unspecified atom stereocenters. The summed E-state index contributed by atoms with van der Waals surface area (Å²) in [5, 5.41) is 0. The number of carbonyl (C=O) groups excluding carboxylic acids is 2. The predicted molar refractivity (Wildman–Crippen MR) is 126 cm³/mol. The van der Waals surface area contributed by atoms with Crippen molar-refractivity contribution in [2.45, 2.75) is 78.2 Å². The van der Waals surface area contributed by atoms with Gasteiger partial charge in [-0.15, -0.1) is 0 Å². The molecule has 0 fully saturated rings. The normalized spacial score (nSPS) is 11.7. The molecule has 0 aromatic heterocycles. The topological polar surface area (TPSA) is 52.6 Å². The maximum absolute atomic E-state index is 12.3. The quantitative estimate of drug-likeness (QED) is 0.242. The third kappa shape index (κ3) is 8.56. The van der Waals surface area contributed by atoms with Gasteiger partial charge in [-0.3, -0.25) is 4.79 Å². The van der Waals surface area contributed by atoms with Crippen LogP contribution in [0.1, 0.15) is 82.5 Å². The highest BCUT2D eigenvalue weighted by molar-refractivity contribution is 5.93. The molecule has 0 saturated carbocycles. The second-order valence-corrected chi connectivity index (χ2v) is 7.98. The van der Waals surface area contributed by atoms with E-state index in [9.17, 15) is 9.59 Å². The van der Waals surface area contributed by atoms with Gasteiger partial charge in [0.15, 0.2) is 11.9 Å². The monoisotopic (exact) mass is 424 g/mol. The minimum Gasteiger partial charge on any atom is -0.494 e. The van der Waals surface area contributed by atoms with Gasteiger partial charge in [0.1, 0.15) is 5.75 Å². The third-order valence-electron chi connectivity index (χ3n) is 5.34. The molecule has 0 amide bonds. The maximum Gasteiger partial charge on any atom is 0.338 e. The predicted octanol–water partition coefficient (Wildman–Crippen LogP) is 7.01. The molecular formula is C27H36O4. The van der Waals surface area contributed by atoms with E-state index >= 15 is 0 Å². The summed E-state index contributed by atoms with van der Waals surface area (Å²) < 4.78 is 11.1. The summed E-state index contributed by atoms with van der Waals surface area (Å²) in [4.78, 5) is 24.3. The molecule has 0 bridgehead atoms. The SMILES string of the molecule is CCCCCCCOc1ccc(-c2ccc(C(=O)OC(C)C(=O)CCCC)cc2)cc1. The number of ether oxygens (including phenoxy) is 2. The molecule has 168 valence electrons. The molecule has 2 aromatic rings. The highest BCUT2D eigenvalue weighted by atomic mass is 16.5. The summed E-state index contributed by atoms with van der Waals surface area (Å²) in [6, 6.07) is 15.3. The Labute approximate surface area is 187 Å². The van der Waals surface area contributed by atoms with Crippen molar-refractivity contribution >= 4 is 11.8 Å². The number of esters is 1. The van der Waals surface area contributed by atoms with Gasteiger partial charge >= 0.3 is 5.97 Å². The summed E-state index contributed by atoms with van der Waals surface area (Å²) in [5.41, 5.74) is 2.51. The average molecular weight is 425 g/mol. The Balaban J connectivity index is 1.85. The van der Waals surface area contributed by atoms with Crippen LogP contribution in [-0.2, 0) is 9.53 Å². The molecule has 4 heteroatoms. The summed E-state index contributed by atoms with van der Waals surface area (Å²) in [6.45, 7) is 6.63. The molecule has 0 spiro atoms.